The van der Waals surface area contributed by atoms with Crippen LogP contribution in [0.3, 0.4) is 0 Å². The molecule has 0 bridgehead atoms. The van der Waals surface area contributed by atoms with Crippen LogP contribution in [0.5, 0.6) is 0 Å². The number of nitrogens with zero attached hydrogens (tertiary/aromatic N) is 3. The summed E-state index contributed by atoms with van der Waals surface area (Å²) in [6, 6.07) is 5.10. The molecular weight excluding hydrogens is 302 g/mol. The molecule has 0 aliphatic heterocycles. The maximum Gasteiger partial charge on any atom is 0.258 e. The van der Waals surface area contributed by atoms with Gasteiger partial charge in [0.25, 0.3) is 5.56 Å². The third-order valence-electron chi connectivity index (χ3n) is 3.61. The lowest BCUT2D eigenvalue weighted by Crippen LogP contribution is -2.22. The molecule has 0 aliphatic rings. The number of pyridine rings is 1. The van der Waals surface area contributed by atoms with Crippen LogP contribution in [-0.2, 0) is 18.3 Å². The molecule has 0 amide bonds. The Morgan fingerprint density at radius 1 is 1.23 bits per heavy atom. The molecule has 110 valence electrons. The Bertz CT molecular complexity index is 920. The fourth-order valence-electron chi connectivity index (χ4n) is 2.60. The van der Waals surface area contributed by atoms with E-state index in [1.165, 1.54) is 10.9 Å². The van der Waals surface area contributed by atoms with Gasteiger partial charge in [0, 0.05) is 53.1 Å². The van der Waals surface area contributed by atoms with Gasteiger partial charge in [-0.05, 0) is 23.6 Å². The molecule has 0 aliphatic carbocycles. The zero-order valence-electron chi connectivity index (χ0n) is 11.8. The average Bonchev–Trinajstić information content (AvgIpc) is 2.53. The fraction of sp³-hybridized carbons (Fsp3) is 0.125. The van der Waals surface area contributed by atoms with Gasteiger partial charge in [0.05, 0.1) is 0 Å². The molecule has 3 rings (SSSR count). The minimum Gasteiger partial charge on any atom is -0.314 e. The van der Waals surface area contributed by atoms with Crippen LogP contribution >= 0.6 is 11.6 Å². The van der Waals surface area contributed by atoms with E-state index in [1.807, 2.05) is 0 Å². The smallest absolute Gasteiger partial charge is 0.258 e. The van der Waals surface area contributed by atoms with E-state index in [9.17, 15) is 9.59 Å². The van der Waals surface area contributed by atoms with Gasteiger partial charge in [-0.25, -0.2) is 9.97 Å². The number of benzene rings is 1. The van der Waals surface area contributed by atoms with Crippen molar-refractivity contribution in [3.8, 4) is 11.1 Å². The first-order valence-corrected chi connectivity index (χ1v) is 7.01. The predicted molar refractivity (Wildman–Crippen MR) is 85.0 cm³/mol. The summed E-state index contributed by atoms with van der Waals surface area (Å²) in [5.74, 6) is 0. The van der Waals surface area contributed by atoms with E-state index in [1.54, 1.807) is 37.6 Å². The zero-order valence-corrected chi connectivity index (χ0v) is 12.5. The normalized spacial score (nSPS) is 10.8. The van der Waals surface area contributed by atoms with Crippen molar-refractivity contribution in [3.63, 3.8) is 0 Å². The summed E-state index contributed by atoms with van der Waals surface area (Å²) in [6.45, 7) is 0. The molecule has 0 spiro atoms. The SMILES string of the molecule is Cn1c(CC=O)c(-c2cncnc2)c2cc(Cl)ccc2c1=O. The van der Waals surface area contributed by atoms with Crippen LogP contribution in [0.4, 0.5) is 0 Å². The fourth-order valence-corrected chi connectivity index (χ4v) is 2.78. The number of hydrogen-bond donors (Lipinski definition) is 0. The van der Waals surface area contributed by atoms with E-state index in [2.05, 4.69) is 9.97 Å². The van der Waals surface area contributed by atoms with Crippen LogP contribution in [-0.4, -0.2) is 20.8 Å². The second-order valence-electron chi connectivity index (χ2n) is 4.87. The number of rotatable bonds is 3. The monoisotopic (exact) mass is 313 g/mol. The first-order chi connectivity index (χ1) is 10.6. The van der Waals surface area contributed by atoms with E-state index in [0.717, 1.165) is 17.4 Å². The van der Waals surface area contributed by atoms with E-state index >= 15 is 0 Å². The summed E-state index contributed by atoms with van der Waals surface area (Å²) in [4.78, 5) is 31.6. The highest BCUT2D eigenvalue weighted by Gasteiger charge is 2.16. The standard InChI is InChI=1S/C16H12ClN3O2/c1-20-14(4-5-21)15(10-7-18-9-19-8-10)13-6-11(17)2-3-12(13)16(20)22/h2-3,5-9H,4H2,1H3. The van der Waals surface area contributed by atoms with Gasteiger partial charge >= 0.3 is 0 Å². The number of hydrogen-bond acceptors (Lipinski definition) is 4. The highest BCUT2D eigenvalue weighted by Crippen LogP contribution is 2.31. The maximum absolute atomic E-state index is 12.5. The molecule has 0 radical (unpaired) electrons. The van der Waals surface area contributed by atoms with E-state index in [4.69, 9.17) is 11.6 Å². The van der Waals surface area contributed by atoms with Crippen LogP contribution in [0.15, 0.2) is 41.7 Å². The first kappa shape index (κ1) is 14.4. The van der Waals surface area contributed by atoms with Crippen molar-refractivity contribution in [3.05, 3.63) is 58.0 Å². The number of carbonyl (C=O) groups is 1. The van der Waals surface area contributed by atoms with Gasteiger partial charge in [0.15, 0.2) is 0 Å². The summed E-state index contributed by atoms with van der Waals surface area (Å²) in [5, 5.41) is 1.76. The number of carbonyl (C=O) groups excluding carboxylic acids is 1. The first-order valence-electron chi connectivity index (χ1n) is 6.63. The van der Waals surface area contributed by atoms with E-state index in [-0.39, 0.29) is 12.0 Å². The molecule has 5 nitrogen and oxygen atoms in total. The molecule has 22 heavy (non-hydrogen) atoms. The third kappa shape index (κ3) is 2.29. The molecule has 2 heterocycles. The van der Waals surface area contributed by atoms with Gasteiger partial charge in [0.1, 0.15) is 12.6 Å². The van der Waals surface area contributed by atoms with Crippen molar-refractivity contribution in [2.75, 3.05) is 0 Å². The molecule has 0 atom stereocenters. The minimum absolute atomic E-state index is 0.123. The number of aromatic nitrogens is 3. The summed E-state index contributed by atoms with van der Waals surface area (Å²) in [5.41, 5.74) is 1.95. The lowest BCUT2D eigenvalue weighted by molar-refractivity contribution is -0.107. The highest BCUT2D eigenvalue weighted by atomic mass is 35.5. The Labute approximate surface area is 131 Å². The molecular formula is C16H12ClN3O2. The topological polar surface area (TPSA) is 64.8 Å². The van der Waals surface area contributed by atoms with Crippen molar-refractivity contribution in [2.45, 2.75) is 6.42 Å². The second-order valence-corrected chi connectivity index (χ2v) is 5.31. The molecule has 0 N–H and O–H groups in total. The molecule has 1 aromatic carbocycles. The average molecular weight is 314 g/mol. The van der Waals surface area contributed by atoms with Crippen molar-refractivity contribution < 1.29 is 4.79 Å². The quantitative estimate of drug-likeness (QED) is 0.696. The predicted octanol–water partition coefficient (Wildman–Crippen LogP) is 2.39. The largest absolute Gasteiger partial charge is 0.314 e. The van der Waals surface area contributed by atoms with E-state index < -0.39 is 0 Å². The Morgan fingerprint density at radius 2 is 1.95 bits per heavy atom. The van der Waals surface area contributed by atoms with Gasteiger partial charge in [-0.2, -0.15) is 0 Å². The number of fused-ring (bicyclic) bond motifs is 1. The Balaban J connectivity index is 2.53. The van der Waals surface area contributed by atoms with Gasteiger partial charge in [-0.3, -0.25) is 4.79 Å². The summed E-state index contributed by atoms with van der Waals surface area (Å²) >= 11 is 6.09. The van der Waals surface area contributed by atoms with Crippen molar-refractivity contribution in [1.82, 2.24) is 14.5 Å². The Morgan fingerprint density at radius 3 is 2.64 bits per heavy atom. The molecule has 2 aromatic heterocycles. The van der Waals surface area contributed by atoms with Crippen molar-refractivity contribution in [2.24, 2.45) is 7.05 Å². The van der Waals surface area contributed by atoms with Gasteiger partial charge < -0.3 is 9.36 Å². The summed E-state index contributed by atoms with van der Waals surface area (Å²) in [6.07, 6.45) is 5.64. The molecule has 6 heteroatoms. The summed E-state index contributed by atoms with van der Waals surface area (Å²) in [7, 11) is 1.66. The number of aldehydes is 1. The van der Waals surface area contributed by atoms with Crippen molar-refractivity contribution >= 4 is 28.7 Å². The van der Waals surface area contributed by atoms with Crippen LogP contribution in [0.2, 0.25) is 5.02 Å². The molecule has 0 fully saturated rings. The maximum atomic E-state index is 12.5. The molecule has 3 aromatic rings. The molecule has 0 saturated heterocycles. The third-order valence-corrected chi connectivity index (χ3v) is 3.84. The van der Waals surface area contributed by atoms with Crippen LogP contribution in [0, 0.1) is 0 Å². The lowest BCUT2D eigenvalue weighted by atomic mass is 9.97. The van der Waals surface area contributed by atoms with E-state index in [0.29, 0.717) is 21.5 Å². The Kier molecular flexibility index (Phi) is 3.73. The van der Waals surface area contributed by atoms with Crippen molar-refractivity contribution in [1.29, 1.82) is 0 Å². The summed E-state index contributed by atoms with van der Waals surface area (Å²) < 4.78 is 1.49. The van der Waals surface area contributed by atoms with Crippen LogP contribution in [0.1, 0.15) is 5.69 Å². The van der Waals surface area contributed by atoms with Gasteiger partial charge in [-0.1, -0.05) is 11.6 Å². The number of halogens is 1. The Hall–Kier alpha value is -2.53. The molecule has 0 saturated carbocycles. The van der Waals surface area contributed by atoms with Crippen LogP contribution < -0.4 is 5.56 Å². The van der Waals surface area contributed by atoms with Gasteiger partial charge in [-0.15, -0.1) is 0 Å². The lowest BCUT2D eigenvalue weighted by Gasteiger charge is -2.15. The minimum atomic E-state index is -0.163. The second kappa shape index (κ2) is 5.69. The zero-order chi connectivity index (χ0) is 15.7. The highest BCUT2D eigenvalue weighted by molar-refractivity contribution is 6.31. The molecule has 0 unspecified atom stereocenters. The van der Waals surface area contributed by atoms with Gasteiger partial charge in [0.2, 0.25) is 0 Å². The van der Waals surface area contributed by atoms with Crippen LogP contribution in [0.25, 0.3) is 21.9 Å².